The Morgan fingerprint density at radius 1 is 1.22 bits per heavy atom. The average Bonchev–Trinajstić information content (AvgIpc) is 3.22. The van der Waals surface area contributed by atoms with Gasteiger partial charge in [0.1, 0.15) is 5.82 Å². The molecule has 0 fully saturated rings. The molecule has 0 atom stereocenters. The summed E-state index contributed by atoms with van der Waals surface area (Å²) < 4.78 is 2.77. The van der Waals surface area contributed by atoms with Gasteiger partial charge in [0.15, 0.2) is 11.8 Å². The van der Waals surface area contributed by atoms with Gasteiger partial charge >= 0.3 is 0 Å². The van der Waals surface area contributed by atoms with E-state index >= 15 is 0 Å². The second kappa shape index (κ2) is 9.01. The van der Waals surface area contributed by atoms with Gasteiger partial charge in [0.2, 0.25) is 0 Å². The number of hydrogen-bond donors (Lipinski definition) is 1. The van der Waals surface area contributed by atoms with Crippen molar-refractivity contribution in [3.8, 4) is 0 Å². The number of nitrogens with zero attached hydrogens (tertiary/aromatic N) is 5. The maximum absolute atomic E-state index is 6.06. The number of guanidine groups is 1. The molecule has 0 amide bonds. The van der Waals surface area contributed by atoms with Crippen molar-refractivity contribution < 1.29 is 0 Å². The molecule has 6 nitrogen and oxygen atoms in total. The minimum atomic E-state index is 0.556. The van der Waals surface area contributed by atoms with Gasteiger partial charge in [0, 0.05) is 19.0 Å². The molecule has 2 heterocycles. The lowest BCUT2D eigenvalue weighted by Crippen LogP contribution is -2.38. The molecule has 0 spiro atoms. The molecule has 0 radical (unpaired) electrons. The van der Waals surface area contributed by atoms with Crippen LogP contribution in [0.3, 0.4) is 0 Å². The quantitative estimate of drug-likeness (QED) is 0.505. The smallest absolute Gasteiger partial charge is 0.194 e. The highest BCUT2D eigenvalue weighted by atomic mass is 35.5. The van der Waals surface area contributed by atoms with Crippen LogP contribution < -0.4 is 5.32 Å². The largest absolute Gasteiger partial charge is 0.349 e. The van der Waals surface area contributed by atoms with Gasteiger partial charge in [0.05, 0.1) is 24.0 Å². The minimum Gasteiger partial charge on any atom is -0.349 e. The van der Waals surface area contributed by atoms with E-state index in [-0.39, 0.29) is 0 Å². The van der Waals surface area contributed by atoms with Gasteiger partial charge in [-0.15, -0.1) is 21.5 Å². The molecular formula is C19H23ClN6S. The number of nitrogens with one attached hydrogen (secondary N) is 1. The third-order valence-corrected chi connectivity index (χ3v) is 5.44. The van der Waals surface area contributed by atoms with E-state index in [1.165, 1.54) is 10.4 Å². The number of aryl methyl sites for hydroxylation is 1. The molecule has 3 rings (SSSR count). The molecule has 3 aromatic rings. The van der Waals surface area contributed by atoms with Crippen LogP contribution in [0, 0.1) is 6.92 Å². The molecule has 0 aliphatic carbocycles. The number of benzene rings is 1. The number of halogens is 1. The van der Waals surface area contributed by atoms with Crippen molar-refractivity contribution >= 4 is 28.9 Å². The molecule has 27 heavy (non-hydrogen) atoms. The van der Waals surface area contributed by atoms with E-state index in [9.17, 15) is 0 Å². The number of aliphatic imine (C=N–C) groups is 1. The summed E-state index contributed by atoms with van der Waals surface area (Å²) >= 11 is 7.64. The standard InChI is InChI=1S/C19H23ClN6S/c1-14-23-24-18(26(14)3)12-22-19(21-11-15-7-5-4-6-8-15)25(2)13-16-9-10-17(20)27-16/h4-10H,11-13H2,1-3H3,(H,21,22). The van der Waals surface area contributed by atoms with E-state index in [0.717, 1.165) is 28.5 Å². The first-order valence-electron chi connectivity index (χ1n) is 8.65. The van der Waals surface area contributed by atoms with Gasteiger partial charge in [-0.3, -0.25) is 0 Å². The van der Waals surface area contributed by atoms with Crippen LogP contribution in [0.25, 0.3) is 0 Å². The summed E-state index contributed by atoms with van der Waals surface area (Å²) in [6.45, 7) is 3.83. The molecule has 1 N–H and O–H groups in total. The van der Waals surface area contributed by atoms with Gasteiger partial charge in [-0.2, -0.15) is 0 Å². The number of hydrogen-bond acceptors (Lipinski definition) is 4. The van der Waals surface area contributed by atoms with Crippen LogP contribution in [-0.2, 0) is 26.7 Å². The lowest BCUT2D eigenvalue weighted by Gasteiger charge is -2.22. The summed E-state index contributed by atoms with van der Waals surface area (Å²) in [6.07, 6.45) is 0. The van der Waals surface area contributed by atoms with E-state index in [1.807, 2.05) is 55.9 Å². The van der Waals surface area contributed by atoms with Crippen LogP contribution in [0.15, 0.2) is 47.5 Å². The highest BCUT2D eigenvalue weighted by Gasteiger charge is 2.11. The normalized spacial score (nSPS) is 11.6. The van der Waals surface area contributed by atoms with Crippen LogP contribution in [0.2, 0.25) is 4.34 Å². The number of aromatic nitrogens is 3. The zero-order chi connectivity index (χ0) is 19.2. The maximum atomic E-state index is 6.06. The third-order valence-electron chi connectivity index (χ3n) is 4.23. The molecule has 0 bridgehead atoms. The summed E-state index contributed by atoms with van der Waals surface area (Å²) in [7, 11) is 3.98. The zero-order valence-corrected chi connectivity index (χ0v) is 17.3. The summed E-state index contributed by atoms with van der Waals surface area (Å²) in [6, 6.07) is 14.2. The number of rotatable bonds is 6. The maximum Gasteiger partial charge on any atom is 0.194 e. The fourth-order valence-corrected chi connectivity index (χ4v) is 3.71. The number of thiophene rings is 1. The van der Waals surface area contributed by atoms with E-state index in [0.29, 0.717) is 13.1 Å². The minimum absolute atomic E-state index is 0.556. The Labute approximate surface area is 168 Å². The van der Waals surface area contributed by atoms with Gasteiger partial charge in [-0.25, -0.2) is 4.99 Å². The van der Waals surface area contributed by atoms with Gasteiger partial charge in [-0.1, -0.05) is 41.9 Å². The highest BCUT2D eigenvalue weighted by Crippen LogP contribution is 2.22. The first-order chi connectivity index (χ1) is 13.0. The van der Waals surface area contributed by atoms with Crippen molar-refractivity contribution in [2.24, 2.45) is 12.0 Å². The van der Waals surface area contributed by atoms with E-state index in [1.54, 1.807) is 11.3 Å². The summed E-state index contributed by atoms with van der Waals surface area (Å²) in [5, 5.41) is 11.7. The Morgan fingerprint density at radius 3 is 2.63 bits per heavy atom. The molecule has 2 aromatic heterocycles. The fraction of sp³-hybridized carbons (Fsp3) is 0.316. The summed E-state index contributed by atoms with van der Waals surface area (Å²) in [4.78, 5) is 8.07. The molecule has 8 heteroatoms. The molecule has 0 saturated heterocycles. The monoisotopic (exact) mass is 402 g/mol. The Balaban J connectivity index is 1.73. The highest BCUT2D eigenvalue weighted by molar-refractivity contribution is 7.16. The predicted molar refractivity (Wildman–Crippen MR) is 111 cm³/mol. The van der Waals surface area contributed by atoms with E-state index < -0.39 is 0 Å². The summed E-state index contributed by atoms with van der Waals surface area (Å²) in [5.41, 5.74) is 1.17. The SMILES string of the molecule is Cc1nnc(CNC(=NCc2ccccc2)N(C)Cc2ccc(Cl)s2)n1C. The fourth-order valence-electron chi connectivity index (χ4n) is 2.57. The first-order valence-corrected chi connectivity index (χ1v) is 9.85. The second-order valence-corrected chi connectivity index (χ2v) is 8.06. The van der Waals surface area contributed by atoms with Crippen LogP contribution in [-0.4, -0.2) is 32.7 Å². The van der Waals surface area contributed by atoms with Crippen molar-refractivity contribution in [1.82, 2.24) is 25.0 Å². The lowest BCUT2D eigenvalue weighted by atomic mass is 10.2. The van der Waals surface area contributed by atoms with Gasteiger partial charge < -0.3 is 14.8 Å². The molecular weight excluding hydrogens is 380 g/mol. The van der Waals surface area contributed by atoms with Crippen molar-refractivity contribution in [3.63, 3.8) is 0 Å². The van der Waals surface area contributed by atoms with Crippen molar-refractivity contribution in [2.75, 3.05) is 7.05 Å². The average molecular weight is 403 g/mol. The predicted octanol–water partition coefficient (Wildman–Crippen LogP) is 3.62. The molecule has 0 aliphatic heterocycles. The Kier molecular flexibility index (Phi) is 6.47. The molecule has 0 aliphatic rings. The van der Waals surface area contributed by atoms with Crippen LogP contribution in [0.4, 0.5) is 0 Å². The van der Waals surface area contributed by atoms with Gasteiger partial charge in [0.25, 0.3) is 0 Å². The second-order valence-electron chi connectivity index (χ2n) is 6.26. The topological polar surface area (TPSA) is 58.3 Å². The Bertz CT molecular complexity index is 902. The summed E-state index contributed by atoms with van der Waals surface area (Å²) in [5.74, 6) is 2.56. The van der Waals surface area contributed by atoms with E-state index in [2.05, 4.69) is 32.5 Å². The van der Waals surface area contributed by atoms with Crippen molar-refractivity contribution in [3.05, 3.63) is 68.9 Å². The Hall–Kier alpha value is -2.38. The molecule has 0 saturated carbocycles. The van der Waals surface area contributed by atoms with E-state index in [4.69, 9.17) is 16.6 Å². The lowest BCUT2D eigenvalue weighted by molar-refractivity contribution is 0.476. The van der Waals surface area contributed by atoms with Crippen molar-refractivity contribution in [2.45, 2.75) is 26.6 Å². The van der Waals surface area contributed by atoms with Crippen LogP contribution in [0.1, 0.15) is 22.1 Å². The zero-order valence-electron chi connectivity index (χ0n) is 15.7. The molecule has 1 aromatic carbocycles. The Morgan fingerprint density at radius 2 is 2.00 bits per heavy atom. The van der Waals surface area contributed by atoms with Crippen LogP contribution in [0.5, 0.6) is 0 Å². The van der Waals surface area contributed by atoms with Crippen LogP contribution >= 0.6 is 22.9 Å². The molecule has 0 unspecified atom stereocenters. The third kappa shape index (κ3) is 5.30. The molecule has 142 valence electrons. The van der Waals surface area contributed by atoms with Gasteiger partial charge in [-0.05, 0) is 24.6 Å². The first kappa shape index (κ1) is 19.4. The van der Waals surface area contributed by atoms with Crippen molar-refractivity contribution in [1.29, 1.82) is 0 Å².